The SMILES string of the molecule is COc1cc(O)c2c(=O)cc(-c3ccc(O)cc3)oc2c1[C@@H]1O[C@H](CO)[C@@H](O)[C@H](O)[C@H]1O[C@@H]1OC[C@@H](O)[C@H](O)[C@H]1O. The van der Waals surface area contributed by atoms with Gasteiger partial charge in [0.2, 0.25) is 0 Å². The second kappa shape index (κ2) is 11.5. The second-order valence-corrected chi connectivity index (χ2v) is 9.85. The van der Waals surface area contributed by atoms with E-state index in [2.05, 4.69) is 0 Å². The molecule has 0 spiro atoms. The highest BCUT2D eigenvalue weighted by atomic mass is 16.7. The van der Waals surface area contributed by atoms with Crippen molar-refractivity contribution in [3.63, 3.8) is 0 Å². The lowest BCUT2D eigenvalue weighted by Crippen LogP contribution is -2.60. The summed E-state index contributed by atoms with van der Waals surface area (Å²) in [6, 6.07) is 7.99. The molecule has 2 saturated heterocycles. The van der Waals surface area contributed by atoms with Gasteiger partial charge in [-0.25, -0.2) is 0 Å². The number of hydrogen-bond donors (Lipinski definition) is 8. The minimum Gasteiger partial charge on any atom is -0.508 e. The van der Waals surface area contributed by atoms with E-state index in [0.29, 0.717) is 5.56 Å². The molecule has 3 aromatic rings. The summed E-state index contributed by atoms with van der Waals surface area (Å²) in [5.41, 5.74) is -0.566. The summed E-state index contributed by atoms with van der Waals surface area (Å²) in [5.74, 6) is -0.574. The van der Waals surface area contributed by atoms with Gasteiger partial charge in [0.15, 0.2) is 17.3 Å². The van der Waals surface area contributed by atoms with Crippen LogP contribution in [0.25, 0.3) is 22.3 Å². The summed E-state index contributed by atoms with van der Waals surface area (Å²) < 4.78 is 28.6. The summed E-state index contributed by atoms with van der Waals surface area (Å²) in [4.78, 5) is 13.2. The Morgan fingerprint density at radius 1 is 0.951 bits per heavy atom. The number of hydrogen-bond acceptors (Lipinski definition) is 14. The van der Waals surface area contributed by atoms with Gasteiger partial charge in [-0.05, 0) is 24.3 Å². The van der Waals surface area contributed by atoms with Crippen LogP contribution in [0.1, 0.15) is 11.7 Å². The van der Waals surface area contributed by atoms with Crippen molar-refractivity contribution in [2.75, 3.05) is 20.3 Å². The lowest BCUT2D eigenvalue weighted by Gasteiger charge is -2.45. The van der Waals surface area contributed by atoms with E-state index in [1.165, 1.54) is 31.4 Å². The number of phenols is 2. The maximum absolute atomic E-state index is 13.2. The van der Waals surface area contributed by atoms with Crippen LogP contribution in [-0.4, -0.2) is 110 Å². The van der Waals surface area contributed by atoms with Crippen LogP contribution in [0.15, 0.2) is 45.6 Å². The molecule has 9 atom stereocenters. The number of aliphatic hydroxyl groups is 6. The zero-order chi connectivity index (χ0) is 29.6. The van der Waals surface area contributed by atoms with Crippen LogP contribution >= 0.6 is 0 Å². The van der Waals surface area contributed by atoms with Crippen molar-refractivity contribution < 1.29 is 64.2 Å². The molecule has 0 bridgehead atoms. The molecule has 2 aliphatic rings. The van der Waals surface area contributed by atoms with Gasteiger partial charge in [-0.15, -0.1) is 0 Å². The van der Waals surface area contributed by atoms with Crippen molar-refractivity contribution in [3.05, 3.63) is 52.2 Å². The topological polar surface area (TPSA) is 229 Å². The molecule has 3 heterocycles. The Bertz CT molecular complexity index is 1440. The van der Waals surface area contributed by atoms with Gasteiger partial charge in [0.25, 0.3) is 0 Å². The summed E-state index contributed by atoms with van der Waals surface area (Å²) in [6.45, 7) is -1.16. The van der Waals surface area contributed by atoms with Crippen LogP contribution in [0.2, 0.25) is 0 Å². The molecular formula is C27H30O14. The molecule has 8 N–H and O–H groups in total. The number of rotatable bonds is 6. The molecule has 222 valence electrons. The molecule has 0 aliphatic carbocycles. The third kappa shape index (κ3) is 5.25. The van der Waals surface area contributed by atoms with E-state index in [9.17, 15) is 45.6 Å². The van der Waals surface area contributed by atoms with Gasteiger partial charge in [-0.2, -0.15) is 0 Å². The number of phenolic OH excluding ortho intramolecular Hbond substituents is 2. The summed E-state index contributed by atoms with van der Waals surface area (Å²) >= 11 is 0. The number of aliphatic hydroxyl groups excluding tert-OH is 6. The van der Waals surface area contributed by atoms with E-state index >= 15 is 0 Å². The van der Waals surface area contributed by atoms with Gasteiger partial charge >= 0.3 is 0 Å². The van der Waals surface area contributed by atoms with Crippen LogP contribution in [0.5, 0.6) is 17.2 Å². The highest BCUT2D eigenvalue weighted by Gasteiger charge is 2.50. The lowest BCUT2D eigenvalue weighted by molar-refractivity contribution is -0.325. The predicted molar refractivity (Wildman–Crippen MR) is 137 cm³/mol. The van der Waals surface area contributed by atoms with E-state index in [1.54, 1.807) is 0 Å². The van der Waals surface area contributed by atoms with Gasteiger partial charge in [-0.1, -0.05) is 0 Å². The fourth-order valence-corrected chi connectivity index (χ4v) is 5.05. The fourth-order valence-electron chi connectivity index (χ4n) is 5.05. The van der Waals surface area contributed by atoms with Crippen molar-refractivity contribution in [1.82, 2.24) is 0 Å². The van der Waals surface area contributed by atoms with Gasteiger partial charge in [0.1, 0.15) is 77.2 Å². The molecule has 0 amide bonds. The normalized spacial score (nSPS) is 32.2. The minimum atomic E-state index is -1.79. The molecule has 2 fully saturated rings. The van der Waals surface area contributed by atoms with E-state index in [-0.39, 0.29) is 33.8 Å². The summed E-state index contributed by atoms with van der Waals surface area (Å²) in [7, 11) is 1.26. The van der Waals surface area contributed by atoms with E-state index in [1.807, 2.05) is 0 Å². The molecule has 41 heavy (non-hydrogen) atoms. The average molecular weight is 579 g/mol. The number of benzene rings is 2. The molecule has 0 saturated carbocycles. The Kier molecular flexibility index (Phi) is 8.20. The molecule has 0 unspecified atom stereocenters. The van der Waals surface area contributed by atoms with Crippen LogP contribution in [0.3, 0.4) is 0 Å². The number of fused-ring (bicyclic) bond motifs is 1. The molecule has 5 rings (SSSR count). The number of ether oxygens (including phenoxy) is 4. The lowest BCUT2D eigenvalue weighted by atomic mass is 9.89. The highest BCUT2D eigenvalue weighted by Crippen LogP contribution is 2.45. The fraction of sp³-hybridized carbons (Fsp3) is 0.444. The Morgan fingerprint density at radius 2 is 1.66 bits per heavy atom. The zero-order valence-corrected chi connectivity index (χ0v) is 21.6. The monoisotopic (exact) mass is 578 g/mol. The predicted octanol–water partition coefficient (Wildman–Crippen LogP) is -1.14. The first-order valence-electron chi connectivity index (χ1n) is 12.7. The Hall–Kier alpha value is -3.31. The van der Waals surface area contributed by atoms with Crippen molar-refractivity contribution in [2.24, 2.45) is 0 Å². The Morgan fingerprint density at radius 3 is 2.32 bits per heavy atom. The van der Waals surface area contributed by atoms with Crippen molar-refractivity contribution in [3.8, 4) is 28.6 Å². The molecule has 2 aliphatic heterocycles. The van der Waals surface area contributed by atoms with E-state index in [0.717, 1.165) is 12.1 Å². The molecule has 14 nitrogen and oxygen atoms in total. The van der Waals surface area contributed by atoms with Crippen LogP contribution in [-0.2, 0) is 14.2 Å². The second-order valence-electron chi connectivity index (χ2n) is 9.85. The first-order valence-corrected chi connectivity index (χ1v) is 12.7. The van der Waals surface area contributed by atoms with E-state index < -0.39 is 79.5 Å². The summed E-state index contributed by atoms with van der Waals surface area (Å²) in [5, 5.41) is 82.1. The molecule has 0 radical (unpaired) electrons. The minimum absolute atomic E-state index is 0.0279. The standard InChI is InChI=1S/C27H30O14/c1-37-16-7-13(31)18-12(30)6-15(10-2-4-11(29)5-3-10)39-24(18)19(16)25-26(22(35)21(34)17(8-28)40-25)41-27-23(36)20(33)14(32)9-38-27/h2-7,14,17,20-23,25-29,31-36H,8-9H2,1H3/t14-,17-,20+,21-,22+,23-,25+,26-,27+/m1/s1. The van der Waals surface area contributed by atoms with Gasteiger partial charge in [-0.3, -0.25) is 4.79 Å². The van der Waals surface area contributed by atoms with Crippen molar-refractivity contribution >= 4 is 11.0 Å². The van der Waals surface area contributed by atoms with Crippen molar-refractivity contribution in [1.29, 1.82) is 0 Å². The van der Waals surface area contributed by atoms with Gasteiger partial charge in [0.05, 0.1) is 25.9 Å². The quantitative estimate of drug-likeness (QED) is 0.173. The third-order valence-electron chi connectivity index (χ3n) is 7.25. The van der Waals surface area contributed by atoms with Crippen LogP contribution in [0.4, 0.5) is 0 Å². The Balaban J connectivity index is 1.69. The first kappa shape index (κ1) is 29.2. The maximum atomic E-state index is 13.2. The van der Waals surface area contributed by atoms with Crippen LogP contribution in [0, 0.1) is 0 Å². The van der Waals surface area contributed by atoms with Crippen molar-refractivity contribution in [2.45, 2.75) is 55.1 Å². The van der Waals surface area contributed by atoms with E-state index in [4.69, 9.17) is 23.4 Å². The third-order valence-corrected chi connectivity index (χ3v) is 7.25. The first-order chi connectivity index (χ1) is 19.5. The zero-order valence-electron chi connectivity index (χ0n) is 21.6. The molecule has 1 aromatic heterocycles. The number of aromatic hydroxyl groups is 2. The van der Waals surface area contributed by atoms with Gasteiger partial charge < -0.3 is 64.2 Å². The molecule has 14 heteroatoms. The molecular weight excluding hydrogens is 548 g/mol. The van der Waals surface area contributed by atoms with Crippen LogP contribution < -0.4 is 10.2 Å². The average Bonchev–Trinajstić information content (AvgIpc) is 2.95. The Labute approximate surface area is 231 Å². The summed E-state index contributed by atoms with van der Waals surface area (Å²) in [6.07, 6.45) is -14.4. The number of methoxy groups -OCH3 is 1. The smallest absolute Gasteiger partial charge is 0.197 e. The highest BCUT2D eigenvalue weighted by molar-refractivity contribution is 5.89. The van der Waals surface area contributed by atoms with Gasteiger partial charge in [0, 0.05) is 17.7 Å². The maximum Gasteiger partial charge on any atom is 0.197 e. The molecule has 2 aromatic carbocycles. The largest absolute Gasteiger partial charge is 0.508 e.